The maximum absolute atomic E-state index is 12.3. The molecule has 1 amide bonds. The van der Waals surface area contributed by atoms with Gasteiger partial charge in [0.1, 0.15) is 11.5 Å². The first-order chi connectivity index (χ1) is 13.5. The standard InChI is InChI=1S/C20H19N3O4S/c1-13-4-3-9-22(12-13)20-21-19(24)18(28-20)11-16-7-8-17(27-16)14-5-2-6-15(10-14)23(25)26/h2,5-8,10-11,13H,3-4,9,12H2,1H3/b18-11+/t13-/m1/s1. The van der Waals surface area contributed by atoms with E-state index in [1.807, 2.05) is 0 Å². The average molecular weight is 397 g/mol. The predicted octanol–water partition coefficient (Wildman–Crippen LogP) is 4.56. The summed E-state index contributed by atoms with van der Waals surface area (Å²) in [7, 11) is 0. The Balaban J connectivity index is 1.51. The lowest BCUT2D eigenvalue weighted by Gasteiger charge is -2.31. The Kier molecular flexibility index (Phi) is 5.04. The van der Waals surface area contributed by atoms with Crippen LogP contribution in [0.25, 0.3) is 17.4 Å². The fraction of sp³-hybridized carbons (Fsp3) is 0.300. The third-order valence-electron chi connectivity index (χ3n) is 4.78. The van der Waals surface area contributed by atoms with E-state index >= 15 is 0 Å². The minimum atomic E-state index is -0.441. The highest BCUT2D eigenvalue weighted by Gasteiger charge is 2.28. The Morgan fingerprint density at radius 1 is 1.36 bits per heavy atom. The number of amides is 1. The number of nitro groups is 1. The minimum Gasteiger partial charge on any atom is -0.457 e. The lowest BCUT2D eigenvalue weighted by molar-refractivity contribution is -0.384. The summed E-state index contributed by atoms with van der Waals surface area (Å²) < 4.78 is 5.78. The molecule has 0 aliphatic carbocycles. The minimum absolute atomic E-state index is 0.00383. The summed E-state index contributed by atoms with van der Waals surface area (Å²) in [6.07, 6.45) is 3.99. The normalized spacial score (nSPS) is 21.2. The van der Waals surface area contributed by atoms with Crippen LogP contribution in [0.2, 0.25) is 0 Å². The number of rotatable bonds is 3. The zero-order valence-corrected chi connectivity index (χ0v) is 16.1. The van der Waals surface area contributed by atoms with Crippen LogP contribution < -0.4 is 0 Å². The Labute approximate surface area is 166 Å². The van der Waals surface area contributed by atoms with Crippen molar-refractivity contribution in [3.8, 4) is 11.3 Å². The molecule has 1 aromatic carbocycles. The van der Waals surface area contributed by atoms with Crippen LogP contribution in [-0.2, 0) is 4.79 Å². The van der Waals surface area contributed by atoms with Crippen molar-refractivity contribution in [2.75, 3.05) is 13.1 Å². The summed E-state index contributed by atoms with van der Waals surface area (Å²) in [4.78, 5) is 29.7. The highest BCUT2D eigenvalue weighted by atomic mass is 32.2. The monoisotopic (exact) mass is 397 g/mol. The van der Waals surface area contributed by atoms with E-state index in [1.54, 1.807) is 30.3 Å². The number of aliphatic imine (C=N–C) groups is 1. The van der Waals surface area contributed by atoms with Crippen LogP contribution >= 0.6 is 11.8 Å². The van der Waals surface area contributed by atoms with Gasteiger partial charge in [-0.05, 0) is 42.7 Å². The van der Waals surface area contributed by atoms with Crippen LogP contribution in [0.1, 0.15) is 25.5 Å². The molecule has 144 valence electrons. The van der Waals surface area contributed by atoms with E-state index in [1.165, 1.54) is 30.3 Å². The van der Waals surface area contributed by atoms with Gasteiger partial charge in [-0.2, -0.15) is 4.99 Å². The van der Waals surface area contributed by atoms with E-state index in [4.69, 9.17) is 4.42 Å². The van der Waals surface area contributed by atoms with Crippen molar-refractivity contribution in [2.45, 2.75) is 19.8 Å². The molecule has 3 heterocycles. The van der Waals surface area contributed by atoms with Crippen LogP contribution in [0, 0.1) is 16.0 Å². The fourth-order valence-electron chi connectivity index (χ4n) is 3.38. The van der Waals surface area contributed by atoms with E-state index in [0.717, 1.165) is 24.7 Å². The van der Waals surface area contributed by atoms with Gasteiger partial charge in [0, 0.05) is 36.9 Å². The van der Waals surface area contributed by atoms with Crippen molar-refractivity contribution in [2.24, 2.45) is 10.9 Å². The Hall–Kier alpha value is -2.87. The number of carbonyl (C=O) groups is 1. The second kappa shape index (κ2) is 7.63. The van der Waals surface area contributed by atoms with Gasteiger partial charge in [0.15, 0.2) is 5.17 Å². The van der Waals surface area contributed by atoms with Gasteiger partial charge in [-0.25, -0.2) is 0 Å². The second-order valence-electron chi connectivity index (χ2n) is 7.01. The molecule has 1 atom stereocenters. The summed E-state index contributed by atoms with van der Waals surface area (Å²) >= 11 is 1.37. The van der Waals surface area contributed by atoms with Crippen molar-refractivity contribution in [3.05, 3.63) is 57.2 Å². The molecule has 0 saturated carbocycles. The number of thioether (sulfide) groups is 1. The quantitative estimate of drug-likeness (QED) is 0.429. The number of amidine groups is 1. The third-order valence-corrected chi connectivity index (χ3v) is 5.82. The molecule has 2 aliphatic heterocycles. The molecule has 28 heavy (non-hydrogen) atoms. The number of furan rings is 1. The number of non-ortho nitro benzene ring substituents is 1. The average Bonchev–Trinajstić information content (AvgIpc) is 3.29. The number of hydrogen-bond donors (Lipinski definition) is 0. The molecule has 1 fully saturated rings. The fourth-order valence-corrected chi connectivity index (χ4v) is 4.31. The van der Waals surface area contributed by atoms with Crippen LogP contribution in [-0.4, -0.2) is 34.0 Å². The van der Waals surface area contributed by atoms with Crippen molar-refractivity contribution in [1.29, 1.82) is 0 Å². The van der Waals surface area contributed by atoms with E-state index in [0.29, 0.717) is 27.9 Å². The largest absolute Gasteiger partial charge is 0.457 e. The molecule has 0 radical (unpaired) electrons. The lowest BCUT2D eigenvalue weighted by Crippen LogP contribution is -2.37. The third kappa shape index (κ3) is 3.87. The highest BCUT2D eigenvalue weighted by molar-refractivity contribution is 8.18. The van der Waals surface area contributed by atoms with Crippen molar-refractivity contribution in [1.82, 2.24) is 4.90 Å². The van der Waals surface area contributed by atoms with Crippen LogP contribution in [0.5, 0.6) is 0 Å². The number of carbonyl (C=O) groups excluding carboxylic acids is 1. The maximum Gasteiger partial charge on any atom is 0.286 e. The lowest BCUT2D eigenvalue weighted by atomic mass is 10.0. The molecule has 8 heteroatoms. The molecule has 1 saturated heterocycles. The number of nitro benzene ring substituents is 1. The molecule has 4 rings (SSSR count). The van der Waals surface area contributed by atoms with Gasteiger partial charge in [-0.15, -0.1) is 0 Å². The summed E-state index contributed by atoms with van der Waals surface area (Å²) in [5.74, 6) is 1.37. The van der Waals surface area contributed by atoms with Crippen molar-refractivity contribution >= 4 is 34.6 Å². The first-order valence-corrected chi connectivity index (χ1v) is 9.93. The van der Waals surface area contributed by atoms with Crippen molar-refractivity contribution in [3.63, 3.8) is 0 Å². The van der Waals surface area contributed by atoms with Crippen molar-refractivity contribution < 1.29 is 14.1 Å². The van der Waals surface area contributed by atoms with E-state index in [2.05, 4.69) is 16.8 Å². The molecular formula is C20H19N3O4S. The molecule has 0 bridgehead atoms. The molecule has 2 aromatic rings. The molecule has 0 unspecified atom stereocenters. The highest BCUT2D eigenvalue weighted by Crippen LogP contribution is 2.33. The zero-order chi connectivity index (χ0) is 19.7. The van der Waals surface area contributed by atoms with Gasteiger partial charge in [0.2, 0.25) is 0 Å². The van der Waals surface area contributed by atoms with E-state index in [-0.39, 0.29) is 11.6 Å². The summed E-state index contributed by atoms with van der Waals surface area (Å²) in [5, 5.41) is 11.7. The SMILES string of the molecule is C[C@@H]1CCCN(C2=NC(=O)/C(=C\c3ccc(-c4cccc([N+](=O)[O-])c4)o3)S2)C1. The van der Waals surface area contributed by atoms with Gasteiger partial charge in [-0.3, -0.25) is 14.9 Å². The van der Waals surface area contributed by atoms with Gasteiger partial charge in [-0.1, -0.05) is 19.1 Å². The van der Waals surface area contributed by atoms with E-state index in [9.17, 15) is 14.9 Å². The van der Waals surface area contributed by atoms with Gasteiger partial charge < -0.3 is 9.32 Å². The van der Waals surface area contributed by atoms with Gasteiger partial charge in [0.25, 0.3) is 11.6 Å². The predicted molar refractivity (Wildman–Crippen MR) is 109 cm³/mol. The molecule has 0 N–H and O–H groups in total. The maximum atomic E-state index is 12.3. The van der Waals surface area contributed by atoms with Crippen LogP contribution in [0.3, 0.4) is 0 Å². The number of hydrogen-bond acceptors (Lipinski definition) is 6. The van der Waals surface area contributed by atoms with Crippen LogP contribution in [0.4, 0.5) is 5.69 Å². The number of nitrogens with zero attached hydrogens (tertiary/aromatic N) is 3. The van der Waals surface area contributed by atoms with E-state index < -0.39 is 4.92 Å². The number of likely N-dealkylation sites (tertiary alicyclic amines) is 1. The number of benzene rings is 1. The Bertz CT molecular complexity index is 995. The summed E-state index contributed by atoms with van der Waals surface area (Å²) in [6.45, 7) is 4.06. The first-order valence-electron chi connectivity index (χ1n) is 9.12. The molecule has 7 nitrogen and oxygen atoms in total. The Morgan fingerprint density at radius 3 is 3.00 bits per heavy atom. The summed E-state index contributed by atoms with van der Waals surface area (Å²) in [5.41, 5.74) is 0.618. The zero-order valence-electron chi connectivity index (χ0n) is 15.3. The molecule has 0 spiro atoms. The molecule has 2 aliphatic rings. The Morgan fingerprint density at radius 2 is 2.21 bits per heavy atom. The molecular weight excluding hydrogens is 378 g/mol. The smallest absolute Gasteiger partial charge is 0.286 e. The summed E-state index contributed by atoms with van der Waals surface area (Å²) in [6, 6.07) is 9.74. The van der Waals surface area contributed by atoms with Gasteiger partial charge >= 0.3 is 0 Å². The topological polar surface area (TPSA) is 89.0 Å². The number of piperidine rings is 1. The molecule has 1 aromatic heterocycles. The van der Waals surface area contributed by atoms with Crippen LogP contribution in [0.15, 0.2) is 50.7 Å². The first kappa shape index (κ1) is 18.5. The van der Waals surface area contributed by atoms with Gasteiger partial charge in [0.05, 0.1) is 9.83 Å². The second-order valence-corrected chi connectivity index (χ2v) is 8.02.